The van der Waals surface area contributed by atoms with Gasteiger partial charge in [0.2, 0.25) is 0 Å². The topological polar surface area (TPSA) is 59.8 Å². The van der Waals surface area contributed by atoms with Crippen molar-refractivity contribution in [1.82, 2.24) is 20.3 Å². The Morgan fingerprint density at radius 3 is 3.00 bits per heavy atom. The van der Waals surface area contributed by atoms with Gasteiger partial charge in [-0.05, 0) is 6.92 Å². The third-order valence-corrected chi connectivity index (χ3v) is 1.32. The van der Waals surface area contributed by atoms with Gasteiger partial charge < -0.3 is 5.32 Å². The van der Waals surface area contributed by atoms with Crippen molar-refractivity contribution in [3.63, 3.8) is 0 Å². The summed E-state index contributed by atoms with van der Waals surface area (Å²) in [4.78, 5) is 10.9. The van der Waals surface area contributed by atoms with E-state index < -0.39 is 0 Å². The van der Waals surface area contributed by atoms with Crippen LogP contribution in [0.3, 0.4) is 0 Å². The maximum absolute atomic E-state index is 10.9. The number of amides is 1. The van der Waals surface area contributed by atoms with Crippen LogP contribution in [0.2, 0.25) is 0 Å². The van der Waals surface area contributed by atoms with E-state index in [4.69, 9.17) is 0 Å². The van der Waals surface area contributed by atoms with E-state index >= 15 is 0 Å². The summed E-state index contributed by atoms with van der Waals surface area (Å²) in [5.74, 6) is -0.204. The van der Waals surface area contributed by atoms with Crippen LogP contribution in [0.1, 0.15) is 17.4 Å². The standard InChI is InChI=1S/C6H10N4O/c1-3-10-4-5(8-9-10)6(11)7-2/h4H,3H2,1-2H3,(H,7,11). The first-order valence-electron chi connectivity index (χ1n) is 3.40. The summed E-state index contributed by atoms with van der Waals surface area (Å²) in [5, 5.41) is 9.83. The smallest absolute Gasteiger partial charge is 0.273 e. The van der Waals surface area contributed by atoms with Crippen molar-refractivity contribution in [2.75, 3.05) is 7.05 Å². The Kier molecular flexibility index (Phi) is 2.20. The molecule has 0 aliphatic rings. The molecule has 1 amide bonds. The van der Waals surface area contributed by atoms with Crippen LogP contribution in [0, 0.1) is 0 Å². The van der Waals surface area contributed by atoms with Gasteiger partial charge in [-0.25, -0.2) is 0 Å². The highest BCUT2D eigenvalue weighted by Gasteiger charge is 2.06. The minimum Gasteiger partial charge on any atom is -0.354 e. The van der Waals surface area contributed by atoms with Gasteiger partial charge in [-0.2, -0.15) is 0 Å². The van der Waals surface area contributed by atoms with Crippen molar-refractivity contribution in [2.24, 2.45) is 0 Å². The van der Waals surface area contributed by atoms with E-state index in [1.54, 1.807) is 17.9 Å². The molecule has 1 heterocycles. The molecule has 1 aromatic heterocycles. The Bertz CT molecular complexity index is 255. The van der Waals surface area contributed by atoms with E-state index in [1.165, 1.54) is 0 Å². The maximum Gasteiger partial charge on any atom is 0.273 e. The van der Waals surface area contributed by atoms with Gasteiger partial charge in [0.15, 0.2) is 5.69 Å². The molecular weight excluding hydrogens is 144 g/mol. The first-order chi connectivity index (χ1) is 5.27. The lowest BCUT2D eigenvalue weighted by Crippen LogP contribution is -2.18. The third kappa shape index (κ3) is 1.54. The molecule has 0 spiro atoms. The molecule has 1 rings (SSSR count). The number of rotatable bonds is 2. The van der Waals surface area contributed by atoms with E-state index in [2.05, 4.69) is 15.6 Å². The second kappa shape index (κ2) is 3.14. The van der Waals surface area contributed by atoms with Gasteiger partial charge >= 0.3 is 0 Å². The number of aromatic nitrogens is 3. The van der Waals surface area contributed by atoms with Crippen LogP contribution in [-0.4, -0.2) is 27.9 Å². The lowest BCUT2D eigenvalue weighted by Gasteiger charge is -1.90. The minimum atomic E-state index is -0.204. The Morgan fingerprint density at radius 1 is 1.82 bits per heavy atom. The number of hydrogen-bond acceptors (Lipinski definition) is 3. The van der Waals surface area contributed by atoms with Crippen LogP contribution in [-0.2, 0) is 6.54 Å². The molecule has 0 unspecified atom stereocenters. The van der Waals surface area contributed by atoms with Gasteiger partial charge in [0.05, 0.1) is 6.20 Å². The van der Waals surface area contributed by atoms with Crippen LogP contribution in [0.15, 0.2) is 6.20 Å². The molecule has 5 nitrogen and oxygen atoms in total. The highest BCUT2D eigenvalue weighted by molar-refractivity contribution is 5.91. The molecule has 5 heteroatoms. The molecule has 0 saturated carbocycles. The van der Waals surface area contributed by atoms with E-state index in [0.29, 0.717) is 5.69 Å². The number of hydrogen-bond donors (Lipinski definition) is 1. The third-order valence-electron chi connectivity index (χ3n) is 1.32. The van der Waals surface area contributed by atoms with Gasteiger partial charge in [0, 0.05) is 13.6 Å². The molecule has 0 radical (unpaired) electrons. The molecule has 60 valence electrons. The summed E-state index contributed by atoms with van der Waals surface area (Å²) >= 11 is 0. The second-order valence-electron chi connectivity index (χ2n) is 2.04. The van der Waals surface area contributed by atoms with E-state index in [-0.39, 0.29) is 5.91 Å². The number of carbonyl (C=O) groups is 1. The Labute approximate surface area is 64.4 Å². The molecule has 0 fully saturated rings. The number of nitrogens with zero attached hydrogens (tertiary/aromatic N) is 3. The number of nitrogens with one attached hydrogen (secondary N) is 1. The summed E-state index contributed by atoms with van der Waals surface area (Å²) < 4.78 is 1.60. The Hall–Kier alpha value is -1.39. The molecule has 0 aromatic carbocycles. The van der Waals surface area contributed by atoms with E-state index in [9.17, 15) is 4.79 Å². The van der Waals surface area contributed by atoms with E-state index in [1.807, 2.05) is 6.92 Å². The Morgan fingerprint density at radius 2 is 2.55 bits per heavy atom. The minimum absolute atomic E-state index is 0.204. The largest absolute Gasteiger partial charge is 0.354 e. The highest BCUT2D eigenvalue weighted by Crippen LogP contribution is 1.91. The summed E-state index contributed by atoms with van der Waals surface area (Å²) in [6.07, 6.45) is 1.61. The SMILES string of the molecule is CCn1cc(C(=O)NC)nn1. The fourth-order valence-corrected chi connectivity index (χ4v) is 0.685. The van der Waals surface area contributed by atoms with Gasteiger partial charge in [0.25, 0.3) is 5.91 Å². The molecule has 0 aliphatic carbocycles. The normalized spacial score (nSPS) is 9.64. The first kappa shape index (κ1) is 7.71. The molecule has 0 aliphatic heterocycles. The predicted molar refractivity (Wildman–Crippen MR) is 39.1 cm³/mol. The summed E-state index contributed by atoms with van der Waals surface area (Å²) in [7, 11) is 1.56. The van der Waals surface area contributed by atoms with Crippen molar-refractivity contribution in [2.45, 2.75) is 13.5 Å². The zero-order valence-corrected chi connectivity index (χ0v) is 6.53. The fourth-order valence-electron chi connectivity index (χ4n) is 0.685. The summed E-state index contributed by atoms with van der Waals surface area (Å²) in [6.45, 7) is 2.66. The zero-order chi connectivity index (χ0) is 8.27. The van der Waals surface area contributed by atoms with Gasteiger partial charge in [-0.3, -0.25) is 9.48 Å². The molecule has 0 atom stereocenters. The summed E-state index contributed by atoms with van der Waals surface area (Å²) in [5.41, 5.74) is 0.356. The van der Waals surface area contributed by atoms with Crippen molar-refractivity contribution >= 4 is 5.91 Å². The van der Waals surface area contributed by atoms with Crippen LogP contribution in [0.5, 0.6) is 0 Å². The lowest BCUT2D eigenvalue weighted by atomic mass is 10.4. The van der Waals surface area contributed by atoms with Crippen molar-refractivity contribution in [1.29, 1.82) is 0 Å². The number of aryl methyl sites for hydroxylation is 1. The summed E-state index contributed by atoms with van der Waals surface area (Å²) in [6, 6.07) is 0. The molecule has 0 saturated heterocycles. The molecule has 1 N–H and O–H groups in total. The van der Waals surface area contributed by atoms with Gasteiger partial charge in [0.1, 0.15) is 0 Å². The Balaban J connectivity index is 2.80. The lowest BCUT2D eigenvalue weighted by molar-refractivity contribution is 0.0958. The second-order valence-corrected chi connectivity index (χ2v) is 2.04. The van der Waals surface area contributed by atoms with Crippen molar-refractivity contribution in [3.05, 3.63) is 11.9 Å². The molecule has 1 aromatic rings. The van der Waals surface area contributed by atoms with Crippen LogP contribution in [0.25, 0.3) is 0 Å². The monoisotopic (exact) mass is 154 g/mol. The quantitative estimate of drug-likeness (QED) is 0.633. The maximum atomic E-state index is 10.9. The molecular formula is C6H10N4O. The first-order valence-corrected chi connectivity index (χ1v) is 3.40. The van der Waals surface area contributed by atoms with Crippen molar-refractivity contribution < 1.29 is 4.79 Å². The average molecular weight is 154 g/mol. The van der Waals surface area contributed by atoms with Gasteiger partial charge in [-0.15, -0.1) is 5.10 Å². The van der Waals surface area contributed by atoms with Crippen LogP contribution in [0.4, 0.5) is 0 Å². The highest BCUT2D eigenvalue weighted by atomic mass is 16.1. The van der Waals surface area contributed by atoms with E-state index in [0.717, 1.165) is 6.54 Å². The van der Waals surface area contributed by atoms with Gasteiger partial charge in [-0.1, -0.05) is 5.21 Å². The van der Waals surface area contributed by atoms with Crippen molar-refractivity contribution in [3.8, 4) is 0 Å². The molecule has 11 heavy (non-hydrogen) atoms. The molecule has 0 bridgehead atoms. The predicted octanol–water partition coefficient (Wildman–Crippen LogP) is -0.342. The van der Waals surface area contributed by atoms with Crippen LogP contribution < -0.4 is 5.32 Å². The fraction of sp³-hybridized carbons (Fsp3) is 0.500. The average Bonchev–Trinajstić information content (AvgIpc) is 2.50. The van der Waals surface area contributed by atoms with Crippen LogP contribution >= 0.6 is 0 Å². The number of carbonyl (C=O) groups excluding carboxylic acids is 1. The zero-order valence-electron chi connectivity index (χ0n) is 6.53.